The summed E-state index contributed by atoms with van der Waals surface area (Å²) in [6.45, 7) is 5.69. The molecule has 3 heterocycles. The van der Waals surface area contributed by atoms with Crippen molar-refractivity contribution in [2.45, 2.75) is 140 Å². The predicted molar refractivity (Wildman–Crippen MR) is 357 cm³/mol. The van der Waals surface area contributed by atoms with Gasteiger partial charge in [-0.05, 0) is 140 Å². The number of carbonyl (C=O) groups excluding carboxylic acids is 9. The summed E-state index contributed by atoms with van der Waals surface area (Å²) >= 11 is 6.24. The number of pyridine rings is 2. The van der Waals surface area contributed by atoms with E-state index in [4.69, 9.17) is 11.6 Å². The van der Waals surface area contributed by atoms with Crippen LogP contribution in [0.3, 0.4) is 0 Å². The first-order valence-electron chi connectivity index (χ1n) is 31.9. The molecule has 500 valence electrons. The lowest BCUT2D eigenvalue weighted by atomic mass is 9.99. The molecule has 7 rings (SSSR count). The minimum absolute atomic E-state index is 0.0266. The first-order chi connectivity index (χ1) is 45.1. The summed E-state index contributed by atoms with van der Waals surface area (Å²) < 4.78 is 0. The fourth-order valence-electron chi connectivity index (χ4n) is 11.4. The number of rotatable bonds is 34. The second-order valence-corrected chi connectivity index (χ2v) is 24.8. The van der Waals surface area contributed by atoms with E-state index in [0.717, 1.165) is 47.0 Å². The van der Waals surface area contributed by atoms with Crippen molar-refractivity contribution in [3.63, 3.8) is 0 Å². The number of hydrogen-bond donors (Lipinski definition) is 10. The second-order valence-electron chi connectivity index (χ2n) is 24.3. The number of aliphatic hydroxyl groups is 1. The number of nitrogens with zero attached hydrogens (tertiary/aromatic N) is 4. The highest BCUT2D eigenvalue weighted by Crippen LogP contribution is 2.21. The van der Waals surface area contributed by atoms with Gasteiger partial charge in [-0.25, -0.2) is 0 Å². The quantitative estimate of drug-likeness (QED) is 0.0253. The smallest absolute Gasteiger partial charge is 0.252 e. The van der Waals surface area contributed by atoms with Gasteiger partial charge in [0.25, 0.3) is 5.91 Å². The van der Waals surface area contributed by atoms with Crippen LogP contribution in [0.15, 0.2) is 140 Å². The van der Waals surface area contributed by atoms with Crippen LogP contribution in [0.2, 0.25) is 5.02 Å². The molecule has 0 bridgehead atoms. The maximum atomic E-state index is 15.0. The molecular weight excluding hydrogens is 1220 g/mol. The average Bonchev–Trinajstić information content (AvgIpc) is 0.961. The molecule has 0 spiro atoms. The molecule has 8 atom stereocenters. The Morgan fingerprint density at radius 1 is 0.596 bits per heavy atom. The SMILES string of the molecule is CC(=O)N[C@H](Cc1ccc2ccccc2c1)C(=O)N[C@H](Cc1ccc(Cl)cc1)C(=O)N[C@H](Cc1cccnc1)C(=O)N[C@@H](CO)C(=O)N(C)[C@@H](Cc1ccc(O)cc1)C(=O)N[C@H](CCCCNC(=O)c1cccnc1)C(=O)N[C@@H](CC(C)C)C(=O)NCCC1CCCN1C. The highest BCUT2D eigenvalue weighted by molar-refractivity contribution is 6.30. The van der Waals surface area contributed by atoms with E-state index >= 15 is 4.79 Å². The summed E-state index contributed by atoms with van der Waals surface area (Å²) in [6, 6.07) is 23.2. The van der Waals surface area contributed by atoms with E-state index in [9.17, 15) is 48.6 Å². The van der Waals surface area contributed by atoms with Crippen LogP contribution < -0.4 is 42.5 Å². The fraction of sp³-hybridized carbons (Fsp3) is 0.414. The number of fused-ring (bicyclic) bond motifs is 1. The van der Waals surface area contributed by atoms with Gasteiger partial charge in [0.2, 0.25) is 47.3 Å². The highest BCUT2D eigenvalue weighted by Gasteiger charge is 2.37. The van der Waals surface area contributed by atoms with E-state index in [1.165, 1.54) is 44.7 Å². The molecule has 0 saturated carbocycles. The van der Waals surface area contributed by atoms with Crippen molar-refractivity contribution in [2.75, 3.05) is 40.3 Å². The first-order valence-corrected chi connectivity index (χ1v) is 32.2. The lowest BCUT2D eigenvalue weighted by Crippen LogP contribution is -2.61. The largest absolute Gasteiger partial charge is 0.508 e. The zero-order chi connectivity index (χ0) is 67.7. The molecule has 1 fully saturated rings. The van der Waals surface area contributed by atoms with E-state index in [2.05, 4.69) is 64.4 Å². The standard InChI is InChI=1S/C70H87ClN12O11/c1-44(2)35-57(64(88)75-33-29-54-17-12-34-82(54)4)78-65(89)56(18-8-9-32-74-63(87)52-16-11-31-73-42-52)77-69(93)62(40-47-22-27-55(86)28-23-47)83(5)70(94)61(43-84)81-68(92)60(39-49-13-10-30-72-41-49)80-67(91)59(37-46-20-25-53(71)26-21-46)79-66(90)58(76-45(3)85)38-48-19-24-50-14-6-7-15-51(50)36-48/h6-7,10-11,13-16,19-28,30-31,36,41-42,44,54,56-62,84,86H,8-9,12,17-18,29,32-35,37-40,43H2,1-5H3,(H,74,87)(H,75,88)(H,76,85)(H,77,93)(H,78,89)(H,79,90)(H,80,91)(H,81,92)/t54?,56-,57+,58-,59-,60-,61+,62+/m1/s1. The Hall–Kier alpha value is -9.32. The average molecular weight is 1310 g/mol. The Balaban J connectivity index is 1.12. The van der Waals surface area contributed by atoms with E-state index in [-0.39, 0.29) is 68.6 Å². The number of phenols is 1. The van der Waals surface area contributed by atoms with Gasteiger partial charge in [0.1, 0.15) is 48.0 Å². The normalized spacial score (nSPS) is 15.2. The molecule has 4 aromatic carbocycles. The zero-order valence-electron chi connectivity index (χ0n) is 53.8. The van der Waals surface area contributed by atoms with E-state index in [1.807, 2.05) is 56.3 Å². The number of halogens is 1. The Bertz CT molecular complexity index is 3510. The lowest BCUT2D eigenvalue weighted by molar-refractivity contribution is -0.144. The Labute approximate surface area is 553 Å². The van der Waals surface area contributed by atoms with Crippen LogP contribution in [0.25, 0.3) is 10.8 Å². The molecule has 2 aromatic heterocycles. The van der Waals surface area contributed by atoms with Crippen molar-refractivity contribution in [2.24, 2.45) is 5.92 Å². The minimum atomic E-state index is -1.75. The van der Waals surface area contributed by atoms with Gasteiger partial charge in [0.05, 0.1) is 12.2 Å². The number of phenolic OH excluding ortho intramolecular Hbond substituents is 1. The monoisotopic (exact) mass is 1310 g/mol. The van der Waals surface area contributed by atoms with Gasteiger partial charge in [-0.3, -0.25) is 53.1 Å². The number of aromatic hydroxyl groups is 1. The van der Waals surface area contributed by atoms with E-state index in [0.29, 0.717) is 52.7 Å². The van der Waals surface area contributed by atoms with E-state index in [1.54, 1.807) is 66.9 Å². The molecule has 6 aromatic rings. The Morgan fingerprint density at radius 3 is 1.79 bits per heavy atom. The number of likely N-dealkylation sites (tertiary alicyclic amines) is 1. The maximum absolute atomic E-state index is 15.0. The second kappa shape index (κ2) is 36.2. The summed E-state index contributed by atoms with van der Waals surface area (Å²) in [4.78, 5) is 139. The van der Waals surface area contributed by atoms with Crippen molar-refractivity contribution in [1.82, 2.24) is 62.3 Å². The Morgan fingerprint density at radius 2 is 1.17 bits per heavy atom. The fourth-order valence-corrected chi connectivity index (χ4v) is 11.5. The molecule has 1 aliphatic rings. The van der Waals surface area contributed by atoms with Gasteiger partial charge in [-0.1, -0.05) is 98.2 Å². The van der Waals surface area contributed by atoms with Gasteiger partial charge < -0.3 is 62.5 Å². The van der Waals surface area contributed by atoms with Gasteiger partial charge in [-0.2, -0.15) is 0 Å². The third-order valence-electron chi connectivity index (χ3n) is 16.6. The summed E-state index contributed by atoms with van der Waals surface area (Å²) in [7, 11) is 3.35. The molecule has 23 nitrogen and oxygen atoms in total. The van der Waals surface area contributed by atoms with Crippen molar-refractivity contribution >= 4 is 75.5 Å². The van der Waals surface area contributed by atoms with Crippen LogP contribution in [0.1, 0.15) is 98.3 Å². The van der Waals surface area contributed by atoms with Crippen molar-refractivity contribution in [3.8, 4) is 5.75 Å². The molecule has 24 heteroatoms. The maximum Gasteiger partial charge on any atom is 0.252 e. The molecule has 9 amide bonds. The topological polar surface area (TPSA) is 323 Å². The summed E-state index contributed by atoms with van der Waals surface area (Å²) in [5.41, 5.74) is 2.62. The van der Waals surface area contributed by atoms with Crippen LogP contribution in [0.4, 0.5) is 0 Å². The van der Waals surface area contributed by atoms with Gasteiger partial charge >= 0.3 is 0 Å². The summed E-state index contributed by atoms with van der Waals surface area (Å²) in [6.07, 6.45) is 9.31. The number of unbranched alkanes of at least 4 members (excludes halogenated alkanes) is 1. The number of hydrogen-bond acceptors (Lipinski definition) is 14. The molecule has 10 N–H and O–H groups in total. The number of carbonyl (C=O) groups is 9. The molecule has 0 aliphatic carbocycles. The van der Waals surface area contributed by atoms with Crippen LogP contribution in [-0.4, -0.2) is 172 Å². The number of aliphatic hydroxyl groups excluding tert-OH is 1. The number of aromatic nitrogens is 2. The lowest BCUT2D eigenvalue weighted by Gasteiger charge is -2.32. The summed E-state index contributed by atoms with van der Waals surface area (Å²) in [5, 5.41) is 46.0. The first kappa shape index (κ1) is 72.1. The third-order valence-corrected chi connectivity index (χ3v) is 16.8. The van der Waals surface area contributed by atoms with Crippen molar-refractivity contribution < 1.29 is 53.4 Å². The van der Waals surface area contributed by atoms with E-state index < -0.39 is 90.3 Å². The number of amides is 9. The van der Waals surface area contributed by atoms with Gasteiger partial charge in [-0.15, -0.1) is 0 Å². The molecule has 1 saturated heterocycles. The zero-order valence-corrected chi connectivity index (χ0v) is 54.6. The van der Waals surface area contributed by atoms with Gasteiger partial charge in [0.15, 0.2) is 0 Å². The number of benzene rings is 4. The van der Waals surface area contributed by atoms with Crippen LogP contribution in [0, 0.1) is 5.92 Å². The molecule has 94 heavy (non-hydrogen) atoms. The van der Waals surface area contributed by atoms with Crippen LogP contribution >= 0.6 is 11.6 Å². The number of nitrogens with one attached hydrogen (secondary N) is 8. The minimum Gasteiger partial charge on any atom is -0.508 e. The number of likely N-dealkylation sites (N-methyl/N-ethyl adjacent to an activating group) is 1. The predicted octanol–water partition coefficient (Wildman–Crippen LogP) is 4.25. The third kappa shape index (κ3) is 22.5. The van der Waals surface area contributed by atoms with Crippen molar-refractivity contribution in [1.29, 1.82) is 0 Å². The van der Waals surface area contributed by atoms with Crippen LogP contribution in [-0.2, 0) is 64.0 Å². The Kier molecular flexibility index (Phi) is 27.8. The molecule has 1 unspecified atom stereocenters. The molecule has 0 radical (unpaired) electrons. The molecule has 1 aliphatic heterocycles. The highest BCUT2D eigenvalue weighted by atomic mass is 35.5. The molecular formula is C70H87ClN12O11. The van der Waals surface area contributed by atoms with Crippen LogP contribution in [0.5, 0.6) is 5.75 Å². The summed E-state index contributed by atoms with van der Waals surface area (Å²) in [5.74, 6) is -6.25. The van der Waals surface area contributed by atoms with Crippen molar-refractivity contribution in [3.05, 3.63) is 173 Å². The van der Waals surface area contributed by atoms with Gasteiger partial charge in [0, 0.05) is 88.6 Å².